The van der Waals surface area contributed by atoms with Gasteiger partial charge >= 0.3 is 0 Å². The summed E-state index contributed by atoms with van der Waals surface area (Å²) in [7, 11) is 3.19. The van der Waals surface area contributed by atoms with Crippen LogP contribution >= 0.6 is 27.5 Å². The zero-order chi connectivity index (χ0) is 16.6. The van der Waals surface area contributed by atoms with Crippen LogP contribution < -0.4 is 9.47 Å². The number of benzene rings is 1. The van der Waals surface area contributed by atoms with Crippen LogP contribution in [0.2, 0.25) is 5.02 Å². The Bertz CT molecular complexity index is 782. The van der Waals surface area contributed by atoms with E-state index in [1.807, 2.05) is 12.1 Å². The molecule has 0 unspecified atom stereocenters. The van der Waals surface area contributed by atoms with Crippen molar-refractivity contribution in [2.45, 2.75) is 13.1 Å². The molecular weight excluding hydrogens is 384 g/mol. The van der Waals surface area contributed by atoms with E-state index in [0.29, 0.717) is 39.8 Å². The number of nitrogens with zero attached hydrogens (tertiary/aromatic N) is 2. The molecular formula is C16H14BrClN2O3. The Morgan fingerprint density at radius 1 is 1.35 bits per heavy atom. The molecule has 0 saturated heterocycles. The van der Waals surface area contributed by atoms with Crippen LogP contribution in [0, 0.1) is 0 Å². The molecule has 0 aliphatic carbocycles. The Kier molecular flexibility index (Phi) is 4.46. The van der Waals surface area contributed by atoms with Crippen LogP contribution in [-0.4, -0.2) is 30.0 Å². The molecule has 1 aliphatic heterocycles. The highest BCUT2D eigenvalue weighted by atomic mass is 79.9. The number of carbonyl (C=O) groups excluding carboxylic acids is 1. The first-order valence-corrected chi connectivity index (χ1v) is 8.05. The summed E-state index contributed by atoms with van der Waals surface area (Å²) in [5.74, 6) is 1.28. The van der Waals surface area contributed by atoms with E-state index >= 15 is 0 Å². The minimum atomic E-state index is -0.106. The van der Waals surface area contributed by atoms with Gasteiger partial charge in [-0.25, -0.2) is 4.98 Å². The molecule has 23 heavy (non-hydrogen) atoms. The highest BCUT2D eigenvalue weighted by Gasteiger charge is 2.32. The van der Waals surface area contributed by atoms with E-state index in [9.17, 15) is 4.79 Å². The summed E-state index contributed by atoms with van der Waals surface area (Å²) >= 11 is 9.51. The van der Waals surface area contributed by atoms with Crippen LogP contribution in [0.4, 0.5) is 0 Å². The van der Waals surface area contributed by atoms with Gasteiger partial charge in [-0.3, -0.25) is 4.79 Å². The topological polar surface area (TPSA) is 51.7 Å². The SMILES string of the molecule is COc1ccc(CN2Cc3c(Br)ncc(Cl)c3C2=O)c(OC)c1. The van der Waals surface area contributed by atoms with E-state index in [1.165, 1.54) is 6.20 Å². The Balaban J connectivity index is 1.90. The van der Waals surface area contributed by atoms with Crippen LogP contribution in [0.25, 0.3) is 0 Å². The summed E-state index contributed by atoms with van der Waals surface area (Å²) in [5, 5.41) is 0.373. The second-order valence-electron chi connectivity index (χ2n) is 5.09. The van der Waals surface area contributed by atoms with Gasteiger partial charge in [-0.1, -0.05) is 11.6 Å². The van der Waals surface area contributed by atoms with E-state index in [1.54, 1.807) is 25.2 Å². The van der Waals surface area contributed by atoms with Gasteiger partial charge in [0, 0.05) is 36.5 Å². The molecule has 2 heterocycles. The quantitative estimate of drug-likeness (QED) is 0.739. The van der Waals surface area contributed by atoms with Crippen molar-refractivity contribution in [3.05, 3.63) is 50.7 Å². The lowest BCUT2D eigenvalue weighted by molar-refractivity contribution is 0.0765. The molecule has 1 aromatic carbocycles. The highest BCUT2D eigenvalue weighted by molar-refractivity contribution is 9.10. The molecule has 0 bridgehead atoms. The van der Waals surface area contributed by atoms with Gasteiger partial charge in [-0.2, -0.15) is 0 Å². The summed E-state index contributed by atoms with van der Waals surface area (Å²) in [6, 6.07) is 5.53. The summed E-state index contributed by atoms with van der Waals surface area (Å²) in [6.07, 6.45) is 1.49. The lowest BCUT2D eigenvalue weighted by Crippen LogP contribution is -2.23. The molecule has 2 aromatic rings. The third-order valence-electron chi connectivity index (χ3n) is 3.79. The smallest absolute Gasteiger partial charge is 0.256 e. The van der Waals surface area contributed by atoms with E-state index in [4.69, 9.17) is 21.1 Å². The number of methoxy groups -OCH3 is 2. The lowest BCUT2D eigenvalue weighted by atomic mass is 10.1. The standard InChI is InChI=1S/C16H14BrClN2O3/c1-22-10-4-3-9(13(5-10)23-2)7-20-8-11-14(16(20)21)12(18)6-19-15(11)17/h3-6H,7-8H2,1-2H3. The number of ether oxygens (including phenoxy) is 2. The van der Waals surface area contributed by atoms with Gasteiger partial charge < -0.3 is 14.4 Å². The summed E-state index contributed by atoms with van der Waals surface area (Å²) in [6.45, 7) is 0.876. The van der Waals surface area contributed by atoms with Gasteiger partial charge in [0.25, 0.3) is 5.91 Å². The summed E-state index contributed by atoms with van der Waals surface area (Å²) < 4.78 is 11.2. The highest BCUT2D eigenvalue weighted by Crippen LogP contribution is 2.35. The molecule has 0 atom stereocenters. The van der Waals surface area contributed by atoms with Crippen LogP contribution in [0.5, 0.6) is 11.5 Å². The lowest BCUT2D eigenvalue weighted by Gasteiger charge is -2.18. The Morgan fingerprint density at radius 3 is 2.78 bits per heavy atom. The van der Waals surface area contributed by atoms with E-state index in [0.717, 1.165) is 11.1 Å². The van der Waals surface area contributed by atoms with Gasteiger partial charge in [0.15, 0.2) is 0 Å². The Hall–Kier alpha value is -1.79. The molecule has 0 radical (unpaired) electrons. The van der Waals surface area contributed by atoms with Gasteiger partial charge in [0.1, 0.15) is 16.1 Å². The minimum Gasteiger partial charge on any atom is -0.497 e. The van der Waals surface area contributed by atoms with Gasteiger partial charge in [-0.15, -0.1) is 0 Å². The van der Waals surface area contributed by atoms with Crippen LogP contribution in [0.1, 0.15) is 21.5 Å². The monoisotopic (exact) mass is 396 g/mol. The van der Waals surface area contributed by atoms with Crippen molar-refractivity contribution in [1.29, 1.82) is 0 Å². The van der Waals surface area contributed by atoms with Crippen molar-refractivity contribution >= 4 is 33.4 Å². The van der Waals surface area contributed by atoms with Crippen molar-refractivity contribution in [2.75, 3.05) is 14.2 Å². The largest absolute Gasteiger partial charge is 0.497 e. The first-order chi connectivity index (χ1) is 11.0. The molecule has 0 saturated carbocycles. The molecule has 1 aliphatic rings. The van der Waals surface area contributed by atoms with E-state index in [-0.39, 0.29) is 5.91 Å². The average molecular weight is 398 g/mol. The first kappa shape index (κ1) is 16.1. The fraction of sp³-hybridized carbons (Fsp3) is 0.250. The van der Waals surface area contributed by atoms with Crippen molar-refractivity contribution in [1.82, 2.24) is 9.88 Å². The number of rotatable bonds is 4. The second-order valence-corrected chi connectivity index (χ2v) is 6.25. The number of hydrogen-bond donors (Lipinski definition) is 0. The number of aromatic nitrogens is 1. The maximum absolute atomic E-state index is 12.6. The fourth-order valence-corrected chi connectivity index (χ4v) is 3.28. The second kappa shape index (κ2) is 6.37. The third-order valence-corrected chi connectivity index (χ3v) is 4.76. The van der Waals surface area contributed by atoms with Crippen molar-refractivity contribution in [2.24, 2.45) is 0 Å². The Labute approximate surface area is 147 Å². The van der Waals surface area contributed by atoms with Crippen molar-refractivity contribution < 1.29 is 14.3 Å². The molecule has 1 amide bonds. The first-order valence-electron chi connectivity index (χ1n) is 6.88. The number of hydrogen-bond acceptors (Lipinski definition) is 4. The molecule has 0 fully saturated rings. The molecule has 120 valence electrons. The molecule has 1 aromatic heterocycles. The van der Waals surface area contributed by atoms with Crippen molar-refractivity contribution in [3.8, 4) is 11.5 Å². The predicted molar refractivity (Wildman–Crippen MR) is 90.1 cm³/mol. The fourth-order valence-electron chi connectivity index (χ4n) is 2.62. The minimum absolute atomic E-state index is 0.106. The number of amides is 1. The Morgan fingerprint density at radius 2 is 2.13 bits per heavy atom. The van der Waals surface area contributed by atoms with Crippen LogP contribution in [0.15, 0.2) is 29.0 Å². The van der Waals surface area contributed by atoms with Gasteiger partial charge in [-0.05, 0) is 28.1 Å². The van der Waals surface area contributed by atoms with Gasteiger partial charge in [0.05, 0.1) is 24.8 Å². The number of halogens is 2. The number of fused-ring (bicyclic) bond motifs is 1. The van der Waals surface area contributed by atoms with Crippen LogP contribution in [0.3, 0.4) is 0 Å². The number of carbonyl (C=O) groups is 1. The van der Waals surface area contributed by atoms with Crippen molar-refractivity contribution in [3.63, 3.8) is 0 Å². The zero-order valence-corrected chi connectivity index (χ0v) is 14.9. The molecule has 0 N–H and O–H groups in total. The van der Waals surface area contributed by atoms with Crippen LogP contribution in [-0.2, 0) is 13.1 Å². The average Bonchev–Trinajstić information content (AvgIpc) is 2.89. The molecule has 0 spiro atoms. The maximum atomic E-state index is 12.6. The molecule has 5 nitrogen and oxygen atoms in total. The van der Waals surface area contributed by atoms with E-state index < -0.39 is 0 Å². The molecule has 3 rings (SSSR count). The summed E-state index contributed by atoms with van der Waals surface area (Å²) in [5.41, 5.74) is 2.23. The number of pyridine rings is 1. The third kappa shape index (κ3) is 2.88. The van der Waals surface area contributed by atoms with Gasteiger partial charge in [0.2, 0.25) is 0 Å². The molecule has 7 heteroatoms. The summed E-state index contributed by atoms with van der Waals surface area (Å²) in [4.78, 5) is 18.5. The zero-order valence-electron chi connectivity index (χ0n) is 12.6. The maximum Gasteiger partial charge on any atom is 0.256 e. The normalized spacial score (nSPS) is 13.2. The predicted octanol–water partition coefficient (Wildman–Crippen LogP) is 3.67. The van der Waals surface area contributed by atoms with E-state index in [2.05, 4.69) is 20.9 Å².